The van der Waals surface area contributed by atoms with Gasteiger partial charge < -0.3 is 18.9 Å². The average Bonchev–Trinajstić information content (AvgIpc) is 2.83. The minimum Gasteiger partial charge on any atom is -0.493 e. The molecule has 0 aromatic heterocycles. The van der Waals surface area contributed by atoms with Gasteiger partial charge >= 0.3 is 0 Å². The van der Waals surface area contributed by atoms with Crippen LogP contribution in [0.1, 0.15) is 29.7 Å². The molecule has 0 bridgehead atoms. The number of azo groups is 1. The van der Waals surface area contributed by atoms with Gasteiger partial charge in [0.15, 0.2) is 23.0 Å². The van der Waals surface area contributed by atoms with Crippen molar-refractivity contribution in [1.82, 2.24) is 0 Å². The van der Waals surface area contributed by atoms with E-state index in [4.69, 9.17) is 18.9 Å². The highest BCUT2D eigenvalue weighted by Gasteiger charge is 2.25. The Kier molecular flexibility index (Phi) is 5.30. The lowest BCUT2D eigenvalue weighted by atomic mass is 9.92. The number of benzene rings is 2. The normalized spacial score (nSPS) is 18.7. The van der Waals surface area contributed by atoms with E-state index in [0.29, 0.717) is 23.0 Å². The maximum absolute atomic E-state index is 5.49. The SMILES string of the molecule is COc1ccc(C2N=N[C@H](C)Cc3cc(OC)c(OC)cc32)cc1OC. The van der Waals surface area contributed by atoms with E-state index in [0.717, 1.165) is 23.1 Å². The summed E-state index contributed by atoms with van der Waals surface area (Å²) in [5, 5.41) is 9.09. The summed E-state index contributed by atoms with van der Waals surface area (Å²) in [4.78, 5) is 0. The maximum atomic E-state index is 5.49. The smallest absolute Gasteiger partial charge is 0.161 e. The van der Waals surface area contributed by atoms with Crippen LogP contribution in [-0.4, -0.2) is 34.5 Å². The van der Waals surface area contributed by atoms with E-state index in [1.807, 2.05) is 30.3 Å². The number of hydrogen-bond acceptors (Lipinski definition) is 6. The van der Waals surface area contributed by atoms with Crippen LogP contribution in [0, 0.1) is 0 Å². The zero-order valence-corrected chi connectivity index (χ0v) is 15.8. The molecule has 0 saturated heterocycles. The van der Waals surface area contributed by atoms with Crippen LogP contribution in [0.3, 0.4) is 0 Å². The Morgan fingerprint density at radius 3 is 2.04 bits per heavy atom. The molecule has 0 aliphatic carbocycles. The molecule has 6 heteroatoms. The van der Waals surface area contributed by atoms with E-state index in [2.05, 4.69) is 17.2 Å². The van der Waals surface area contributed by atoms with Crippen molar-refractivity contribution < 1.29 is 18.9 Å². The summed E-state index contributed by atoms with van der Waals surface area (Å²) in [6, 6.07) is 9.69. The Bertz CT molecular complexity index is 820. The molecule has 0 spiro atoms. The molecular weight excluding hydrogens is 332 g/mol. The molecule has 6 nitrogen and oxygen atoms in total. The minimum atomic E-state index is -0.241. The Morgan fingerprint density at radius 2 is 1.38 bits per heavy atom. The fourth-order valence-corrected chi connectivity index (χ4v) is 3.24. The van der Waals surface area contributed by atoms with Crippen LogP contribution in [0.2, 0.25) is 0 Å². The van der Waals surface area contributed by atoms with Gasteiger partial charge in [0.05, 0.1) is 34.5 Å². The van der Waals surface area contributed by atoms with Crippen molar-refractivity contribution in [2.24, 2.45) is 10.2 Å². The molecule has 138 valence electrons. The fourth-order valence-electron chi connectivity index (χ4n) is 3.24. The Labute approximate surface area is 153 Å². The molecule has 0 saturated carbocycles. The van der Waals surface area contributed by atoms with E-state index in [9.17, 15) is 0 Å². The zero-order valence-electron chi connectivity index (χ0n) is 15.8. The molecule has 1 unspecified atom stereocenters. The lowest BCUT2D eigenvalue weighted by molar-refractivity contribution is 0.353. The maximum Gasteiger partial charge on any atom is 0.161 e. The van der Waals surface area contributed by atoms with Gasteiger partial charge in [0, 0.05) is 0 Å². The summed E-state index contributed by atoms with van der Waals surface area (Å²) in [5.74, 6) is 2.75. The monoisotopic (exact) mass is 356 g/mol. The standard InChI is InChI=1S/C20H24N2O4/c1-12-8-14-10-18(25-4)19(26-5)11-15(14)20(22-21-12)13-6-7-16(23-2)17(9-13)24-3/h6-7,9-12,20H,8H2,1-5H3/t12-,20?/m1/s1. The molecule has 3 rings (SSSR count). The van der Waals surface area contributed by atoms with E-state index in [1.165, 1.54) is 0 Å². The predicted octanol–water partition coefficient (Wildman–Crippen LogP) is 4.21. The molecule has 1 aliphatic rings. The van der Waals surface area contributed by atoms with Crippen LogP contribution in [-0.2, 0) is 6.42 Å². The molecule has 0 fully saturated rings. The number of ether oxygens (including phenoxy) is 4. The summed E-state index contributed by atoms with van der Waals surface area (Å²) >= 11 is 0. The molecule has 1 aliphatic heterocycles. The number of nitrogens with zero attached hydrogens (tertiary/aromatic N) is 2. The molecule has 2 atom stereocenters. The van der Waals surface area contributed by atoms with Crippen molar-refractivity contribution in [2.45, 2.75) is 25.4 Å². The fraction of sp³-hybridized carbons (Fsp3) is 0.400. The molecule has 1 heterocycles. The highest BCUT2D eigenvalue weighted by molar-refractivity contribution is 5.53. The summed E-state index contributed by atoms with van der Waals surface area (Å²) in [5.41, 5.74) is 3.19. The molecule has 2 aromatic carbocycles. The molecule has 0 amide bonds. The third-order valence-electron chi connectivity index (χ3n) is 4.56. The van der Waals surface area contributed by atoms with Crippen LogP contribution in [0.25, 0.3) is 0 Å². The third-order valence-corrected chi connectivity index (χ3v) is 4.56. The Hall–Kier alpha value is -2.76. The second-order valence-corrected chi connectivity index (χ2v) is 6.21. The molecule has 2 aromatic rings. The van der Waals surface area contributed by atoms with Crippen molar-refractivity contribution >= 4 is 0 Å². The first-order valence-corrected chi connectivity index (χ1v) is 8.48. The van der Waals surface area contributed by atoms with Gasteiger partial charge in [-0.25, -0.2) is 0 Å². The van der Waals surface area contributed by atoms with Gasteiger partial charge in [-0.15, -0.1) is 0 Å². The lowest BCUT2D eigenvalue weighted by Gasteiger charge is -2.19. The van der Waals surface area contributed by atoms with Crippen LogP contribution in [0.15, 0.2) is 40.6 Å². The highest BCUT2D eigenvalue weighted by atomic mass is 16.5. The van der Waals surface area contributed by atoms with E-state index < -0.39 is 0 Å². The van der Waals surface area contributed by atoms with Gasteiger partial charge in [0.1, 0.15) is 6.04 Å². The van der Waals surface area contributed by atoms with Gasteiger partial charge in [-0.3, -0.25) is 0 Å². The summed E-state index contributed by atoms with van der Waals surface area (Å²) in [7, 11) is 6.53. The molecule has 26 heavy (non-hydrogen) atoms. The zero-order chi connectivity index (χ0) is 18.7. The Morgan fingerprint density at radius 1 is 0.769 bits per heavy atom. The van der Waals surface area contributed by atoms with Crippen LogP contribution >= 0.6 is 0 Å². The van der Waals surface area contributed by atoms with Crippen molar-refractivity contribution in [3.63, 3.8) is 0 Å². The minimum absolute atomic E-state index is 0.0944. The van der Waals surface area contributed by atoms with E-state index in [1.54, 1.807) is 28.4 Å². The second kappa shape index (κ2) is 7.64. The number of rotatable bonds is 5. The number of methoxy groups -OCH3 is 4. The molecule has 0 N–H and O–H groups in total. The number of hydrogen-bond donors (Lipinski definition) is 0. The summed E-state index contributed by atoms with van der Waals surface area (Å²) < 4.78 is 21.7. The molecule has 0 radical (unpaired) electrons. The second-order valence-electron chi connectivity index (χ2n) is 6.21. The highest BCUT2D eigenvalue weighted by Crippen LogP contribution is 2.41. The first kappa shape index (κ1) is 18.0. The van der Waals surface area contributed by atoms with Crippen molar-refractivity contribution in [1.29, 1.82) is 0 Å². The van der Waals surface area contributed by atoms with Crippen molar-refractivity contribution in [3.05, 3.63) is 47.0 Å². The topological polar surface area (TPSA) is 61.6 Å². The lowest BCUT2D eigenvalue weighted by Crippen LogP contribution is -2.06. The van der Waals surface area contributed by atoms with Crippen molar-refractivity contribution in [2.75, 3.05) is 28.4 Å². The quantitative estimate of drug-likeness (QED) is 0.805. The number of fused-ring (bicyclic) bond motifs is 1. The van der Waals surface area contributed by atoms with Gasteiger partial charge in [-0.1, -0.05) is 6.07 Å². The van der Waals surface area contributed by atoms with E-state index in [-0.39, 0.29) is 12.1 Å². The van der Waals surface area contributed by atoms with E-state index >= 15 is 0 Å². The van der Waals surface area contributed by atoms with Gasteiger partial charge in [-0.05, 0) is 54.3 Å². The summed E-state index contributed by atoms with van der Waals surface area (Å²) in [6.07, 6.45) is 0.795. The predicted molar refractivity (Wildman–Crippen MR) is 99.0 cm³/mol. The average molecular weight is 356 g/mol. The van der Waals surface area contributed by atoms with Crippen LogP contribution in [0.4, 0.5) is 0 Å². The molecular formula is C20H24N2O4. The first-order valence-electron chi connectivity index (χ1n) is 8.48. The van der Waals surface area contributed by atoms with Gasteiger partial charge in [0.25, 0.3) is 0 Å². The van der Waals surface area contributed by atoms with Crippen LogP contribution in [0.5, 0.6) is 23.0 Å². The van der Waals surface area contributed by atoms with Gasteiger partial charge in [-0.2, -0.15) is 10.2 Å². The largest absolute Gasteiger partial charge is 0.493 e. The first-order chi connectivity index (χ1) is 12.6. The van der Waals surface area contributed by atoms with Gasteiger partial charge in [0.2, 0.25) is 0 Å². The van der Waals surface area contributed by atoms with Crippen LogP contribution < -0.4 is 18.9 Å². The third kappa shape index (κ3) is 3.31. The summed E-state index contributed by atoms with van der Waals surface area (Å²) in [6.45, 7) is 2.06. The Balaban J connectivity index is 2.15. The van der Waals surface area contributed by atoms with Crippen molar-refractivity contribution in [3.8, 4) is 23.0 Å².